The molecule has 4 nitrogen and oxygen atoms in total. The van der Waals surface area contributed by atoms with Gasteiger partial charge in [0.05, 0.1) is 10.6 Å². The van der Waals surface area contributed by atoms with Crippen molar-refractivity contribution in [1.82, 2.24) is 9.88 Å². The number of nitrogens with one attached hydrogen (secondary N) is 1. The van der Waals surface area contributed by atoms with Crippen LogP contribution < -0.4 is 5.32 Å². The molecular formula is C27H21Cl2N3OS. The maximum atomic E-state index is 12.8. The third-order valence-corrected chi connectivity index (χ3v) is 7.49. The van der Waals surface area contributed by atoms with Crippen LogP contribution in [0.25, 0.3) is 17.0 Å². The Labute approximate surface area is 212 Å². The second kappa shape index (κ2) is 9.34. The van der Waals surface area contributed by atoms with E-state index in [2.05, 4.69) is 33.9 Å². The molecule has 4 aromatic rings. The minimum Gasteiger partial charge on any atom is -0.340 e. The highest BCUT2D eigenvalue weighted by Crippen LogP contribution is 2.34. The summed E-state index contributed by atoms with van der Waals surface area (Å²) in [6.45, 7) is 4.72. The molecule has 1 aliphatic rings. The van der Waals surface area contributed by atoms with E-state index in [-0.39, 0.29) is 5.91 Å². The molecule has 0 aliphatic carbocycles. The minimum absolute atomic E-state index is 0.155. The molecule has 0 spiro atoms. The summed E-state index contributed by atoms with van der Waals surface area (Å²) in [6.07, 6.45) is 1.96. The van der Waals surface area contributed by atoms with E-state index in [1.165, 1.54) is 11.8 Å². The summed E-state index contributed by atoms with van der Waals surface area (Å²) in [4.78, 5) is 18.0. The van der Waals surface area contributed by atoms with E-state index in [1.807, 2.05) is 67.6 Å². The first-order valence-corrected chi connectivity index (χ1v) is 12.3. The van der Waals surface area contributed by atoms with Crippen molar-refractivity contribution in [3.05, 3.63) is 104 Å². The zero-order chi connectivity index (χ0) is 23.8. The Bertz CT molecular complexity index is 1490. The van der Waals surface area contributed by atoms with Crippen LogP contribution in [-0.2, 0) is 11.3 Å². The second-order valence-electron chi connectivity index (χ2n) is 8.09. The first kappa shape index (κ1) is 22.8. The molecule has 0 radical (unpaired) electrons. The van der Waals surface area contributed by atoms with Crippen molar-refractivity contribution in [2.45, 2.75) is 20.4 Å². The Morgan fingerprint density at radius 2 is 1.76 bits per heavy atom. The first-order valence-electron chi connectivity index (χ1n) is 10.8. The molecule has 3 aromatic carbocycles. The van der Waals surface area contributed by atoms with Crippen molar-refractivity contribution in [3.8, 4) is 0 Å². The van der Waals surface area contributed by atoms with Crippen LogP contribution in [0.2, 0.25) is 10.0 Å². The standard InChI is InChI=1S/C27H21Cl2N3OS/c1-16-22(29)7-5-8-23(16)30-27-31-26(33)25(34-27)14-21-17(2)32(24-9-4-3-6-20(21)24)15-18-10-12-19(28)13-11-18/h3-14H,15H2,1-2H3,(H,30,31,33)/b25-14+. The summed E-state index contributed by atoms with van der Waals surface area (Å²) in [5.41, 5.74) is 6.02. The quantitative estimate of drug-likeness (QED) is 0.291. The number of nitrogens with zero attached hydrogens (tertiary/aromatic N) is 2. The predicted molar refractivity (Wildman–Crippen MR) is 144 cm³/mol. The lowest BCUT2D eigenvalue weighted by atomic mass is 10.1. The summed E-state index contributed by atoms with van der Waals surface area (Å²) in [5.74, 6) is -0.155. The summed E-state index contributed by atoms with van der Waals surface area (Å²) < 4.78 is 2.27. The summed E-state index contributed by atoms with van der Waals surface area (Å²) in [7, 11) is 0. The van der Waals surface area contributed by atoms with E-state index in [1.54, 1.807) is 0 Å². The number of aromatic nitrogens is 1. The van der Waals surface area contributed by atoms with Gasteiger partial charge in [0.2, 0.25) is 0 Å². The third kappa shape index (κ3) is 4.39. The Hall–Kier alpha value is -2.99. The normalized spacial score (nSPS) is 16.1. The van der Waals surface area contributed by atoms with Crippen LogP contribution in [0.1, 0.15) is 22.4 Å². The summed E-state index contributed by atoms with van der Waals surface area (Å²) >= 11 is 13.6. The predicted octanol–water partition coefficient (Wildman–Crippen LogP) is 7.50. The van der Waals surface area contributed by atoms with Crippen molar-refractivity contribution in [1.29, 1.82) is 0 Å². The van der Waals surface area contributed by atoms with Gasteiger partial charge >= 0.3 is 0 Å². The number of amidine groups is 1. The SMILES string of the molecule is Cc1c(Cl)cccc1N=C1NC(=O)/C(=C\c2c(C)n(Cc3ccc(Cl)cc3)c3ccccc23)S1. The lowest BCUT2D eigenvalue weighted by molar-refractivity contribution is -0.115. The van der Waals surface area contributed by atoms with Gasteiger partial charge in [-0.1, -0.05) is 59.6 Å². The number of fused-ring (bicyclic) bond motifs is 1. The van der Waals surface area contributed by atoms with Gasteiger partial charge in [0.15, 0.2) is 5.17 Å². The second-order valence-corrected chi connectivity index (χ2v) is 9.97. The third-order valence-electron chi connectivity index (χ3n) is 5.92. The van der Waals surface area contributed by atoms with Gasteiger partial charge in [-0.2, -0.15) is 0 Å². The van der Waals surface area contributed by atoms with Crippen LogP contribution in [0.15, 0.2) is 76.6 Å². The highest BCUT2D eigenvalue weighted by Gasteiger charge is 2.25. The largest absolute Gasteiger partial charge is 0.340 e. The Balaban J connectivity index is 1.52. The van der Waals surface area contributed by atoms with Gasteiger partial charge in [0.1, 0.15) is 0 Å². The summed E-state index contributed by atoms with van der Waals surface area (Å²) in [5, 5.41) is 5.90. The van der Waals surface area contributed by atoms with Gasteiger partial charge in [-0.25, -0.2) is 4.99 Å². The molecule has 0 atom stereocenters. The molecule has 1 aliphatic heterocycles. The molecule has 7 heteroatoms. The van der Waals surface area contributed by atoms with Gasteiger partial charge in [-0.3, -0.25) is 4.79 Å². The molecule has 0 unspecified atom stereocenters. The Morgan fingerprint density at radius 1 is 1.00 bits per heavy atom. The Morgan fingerprint density at radius 3 is 2.56 bits per heavy atom. The lowest BCUT2D eigenvalue weighted by Crippen LogP contribution is -2.19. The molecule has 1 amide bonds. The van der Waals surface area contributed by atoms with Gasteiger partial charge in [-0.05, 0) is 73.1 Å². The fraction of sp³-hybridized carbons (Fsp3) is 0.111. The number of amides is 1. The number of thioether (sulfide) groups is 1. The molecule has 1 saturated heterocycles. The number of benzene rings is 3. The van der Waals surface area contributed by atoms with E-state index in [0.29, 0.717) is 21.6 Å². The molecule has 34 heavy (non-hydrogen) atoms. The van der Waals surface area contributed by atoms with Crippen LogP contribution in [0.5, 0.6) is 0 Å². The van der Waals surface area contributed by atoms with Gasteiger partial charge in [0.25, 0.3) is 5.91 Å². The van der Waals surface area contributed by atoms with Crippen LogP contribution in [0.4, 0.5) is 5.69 Å². The van der Waals surface area contributed by atoms with Crippen molar-refractivity contribution >= 4 is 68.7 Å². The molecule has 1 fully saturated rings. The van der Waals surface area contributed by atoms with Crippen LogP contribution >= 0.6 is 35.0 Å². The zero-order valence-corrected chi connectivity index (χ0v) is 20.9. The molecule has 2 heterocycles. The maximum Gasteiger partial charge on any atom is 0.264 e. The molecular weight excluding hydrogens is 485 g/mol. The van der Waals surface area contributed by atoms with E-state index < -0.39 is 0 Å². The zero-order valence-electron chi connectivity index (χ0n) is 18.6. The number of aliphatic imine (C=N–C) groups is 1. The molecule has 1 N–H and O–H groups in total. The topological polar surface area (TPSA) is 46.4 Å². The van der Waals surface area contributed by atoms with Gasteiger partial charge in [0, 0.05) is 38.8 Å². The van der Waals surface area contributed by atoms with Crippen LogP contribution in [-0.4, -0.2) is 15.6 Å². The monoisotopic (exact) mass is 505 g/mol. The van der Waals surface area contributed by atoms with E-state index in [0.717, 1.165) is 44.0 Å². The maximum absolute atomic E-state index is 12.8. The van der Waals surface area contributed by atoms with E-state index >= 15 is 0 Å². The average Bonchev–Trinajstić information content (AvgIpc) is 3.30. The average molecular weight is 506 g/mol. The number of carbonyl (C=O) groups excluding carboxylic acids is 1. The fourth-order valence-corrected chi connectivity index (χ4v) is 5.17. The van der Waals surface area contributed by atoms with Crippen molar-refractivity contribution in [2.75, 3.05) is 0 Å². The number of hydrogen-bond acceptors (Lipinski definition) is 3. The van der Waals surface area contributed by atoms with E-state index in [4.69, 9.17) is 23.2 Å². The number of hydrogen-bond donors (Lipinski definition) is 1. The smallest absolute Gasteiger partial charge is 0.264 e. The summed E-state index contributed by atoms with van der Waals surface area (Å²) in [6, 6.07) is 21.7. The molecule has 0 saturated carbocycles. The van der Waals surface area contributed by atoms with Crippen molar-refractivity contribution in [2.24, 2.45) is 4.99 Å². The fourth-order valence-electron chi connectivity index (χ4n) is 4.05. The van der Waals surface area contributed by atoms with Gasteiger partial charge in [-0.15, -0.1) is 0 Å². The van der Waals surface area contributed by atoms with Crippen LogP contribution in [0, 0.1) is 13.8 Å². The minimum atomic E-state index is -0.155. The lowest BCUT2D eigenvalue weighted by Gasteiger charge is -2.09. The van der Waals surface area contributed by atoms with Gasteiger partial charge < -0.3 is 9.88 Å². The highest BCUT2D eigenvalue weighted by molar-refractivity contribution is 8.18. The highest BCUT2D eigenvalue weighted by atomic mass is 35.5. The van der Waals surface area contributed by atoms with Crippen molar-refractivity contribution < 1.29 is 4.79 Å². The van der Waals surface area contributed by atoms with Crippen molar-refractivity contribution in [3.63, 3.8) is 0 Å². The molecule has 1 aromatic heterocycles. The van der Waals surface area contributed by atoms with E-state index in [9.17, 15) is 4.79 Å². The molecule has 5 rings (SSSR count). The molecule has 0 bridgehead atoms. The van der Waals surface area contributed by atoms with Crippen LogP contribution in [0.3, 0.4) is 0 Å². The number of para-hydroxylation sites is 1. The number of halogens is 2. The Kier molecular flexibility index (Phi) is 6.26. The number of rotatable bonds is 4. The molecule has 170 valence electrons. The number of carbonyl (C=O) groups is 1. The first-order chi connectivity index (χ1) is 16.4.